The van der Waals surface area contributed by atoms with Gasteiger partial charge in [0.2, 0.25) is 5.91 Å². The highest BCUT2D eigenvalue weighted by Gasteiger charge is 2.16. The van der Waals surface area contributed by atoms with Crippen LogP contribution in [-0.4, -0.2) is 22.4 Å². The Morgan fingerprint density at radius 3 is 2.53 bits per heavy atom. The number of hydrogen-bond donors (Lipinski definition) is 1. The van der Waals surface area contributed by atoms with Crippen molar-refractivity contribution in [2.24, 2.45) is 5.10 Å². The Morgan fingerprint density at radius 2 is 1.83 bits per heavy atom. The minimum Gasteiger partial charge on any atom is -0.316 e. The second kappa shape index (κ2) is 10.3. The minimum atomic E-state index is -0.131. The Bertz CT molecular complexity index is 1080. The van der Waals surface area contributed by atoms with Crippen molar-refractivity contribution < 1.29 is 4.79 Å². The summed E-state index contributed by atoms with van der Waals surface area (Å²) in [6, 6.07) is 15.9. The van der Waals surface area contributed by atoms with Crippen LogP contribution in [0.4, 0.5) is 0 Å². The van der Waals surface area contributed by atoms with Crippen molar-refractivity contribution in [3.8, 4) is 5.69 Å². The summed E-state index contributed by atoms with van der Waals surface area (Å²) in [4.78, 5) is 12.1. The fourth-order valence-electron chi connectivity index (χ4n) is 3.19. The van der Waals surface area contributed by atoms with E-state index in [9.17, 15) is 4.79 Å². The summed E-state index contributed by atoms with van der Waals surface area (Å²) in [6.45, 7) is 6.21. The molecule has 0 spiro atoms. The van der Waals surface area contributed by atoms with E-state index in [4.69, 9.17) is 11.6 Å². The Balaban J connectivity index is 1.62. The van der Waals surface area contributed by atoms with Crippen LogP contribution in [0.5, 0.6) is 0 Å². The number of amides is 1. The van der Waals surface area contributed by atoms with Gasteiger partial charge in [0, 0.05) is 37.9 Å². The maximum absolute atomic E-state index is 12.1. The summed E-state index contributed by atoms with van der Waals surface area (Å²) in [6.07, 6.45) is 1.70. The third-order valence-electron chi connectivity index (χ3n) is 4.77. The maximum atomic E-state index is 12.1. The molecule has 30 heavy (non-hydrogen) atoms. The van der Waals surface area contributed by atoms with Crippen molar-refractivity contribution in [1.82, 2.24) is 9.99 Å². The second-order valence-electron chi connectivity index (χ2n) is 6.93. The number of thioether (sulfide) groups is 1. The Morgan fingerprint density at radius 1 is 1.13 bits per heavy atom. The van der Waals surface area contributed by atoms with E-state index in [-0.39, 0.29) is 5.91 Å². The molecule has 4 nitrogen and oxygen atoms in total. The first-order chi connectivity index (χ1) is 14.4. The summed E-state index contributed by atoms with van der Waals surface area (Å²) in [7, 11) is 0. The molecule has 0 radical (unpaired) electrons. The molecule has 3 rings (SSSR count). The predicted molar refractivity (Wildman–Crippen MR) is 131 cm³/mol. The van der Waals surface area contributed by atoms with Crippen molar-refractivity contribution in [3.63, 3.8) is 0 Å². The molecule has 1 aromatic heterocycles. The highest BCUT2D eigenvalue weighted by atomic mass is 79.9. The van der Waals surface area contributed by atoms with Gasteiger partial charge in [0.1, 0.15) is 0 Å². The molecule has 0 aliphatic rings. The van der Waals surface area contributed by atoms with E-state index < -0.39 is 0 Å². The van der Waals surface area contributed by atoms with E-state index in [1.807, 2.05) is 36.4 Å². The number of nitrogens with one attached hydrogen (secondary N) is 1. The number of hydrazone groups is 1. The SMILES string of the molecule is Cc1ccccc1-n1c(C)c(Br)c(/C=N\NC(=O)CSCc2ccc(Cl)cc2)c1C. The third-order valence-corrected chi connectivity index (χ3v) is 7.03. The average molecular weight is 505 g/mol. The van der Waals surface area contributed by atoms with Crippen LogP contribution < -0.4 is 5.43 Å². The van der Waals surface area contributed by atoms with Gasteiger partial charge in [0.05, 0.1) is 12.0 Å². The molecule has 2 aromatic carbocycles. The van der Waals surface area contributed by atoms with Crippen LogP contribution in [0.1, 0.15) is 28.1 Å². The number of halogens is 2. The lowest BCUT2D eigenvalue weighted by Gasteiger charge is -2.12. The van der Waals surface area contributed by atoms with E-state index in [1.54, 1.807) is 6.21 Å². The molecule has 156 valence electrons. The van der Waals surface area contributed by atoms with Crippen molar-refractivity contribution in [2.45, 2.75) is 26.5 Å². The molecule has 1 heterocycles. The number of aryl methyl sites for hydroxylation is 1. The maximum Gasteiger partial charge on any atom is 0.250 e. The van der Waals surface area contributed by atoms with Gasteiger partial charge in [-0.3, -0.25) is 4.79 Å². The number of carbonyl (C=O) groups excluding carboxylic acids is 1. The number of rotatable bonds is 7. The van der Waals surface area contributed by atoms with Gasteiger partial charge in [-0.25, -0.2) is 5.43 Å². The van der Waals surface area contributed by atoms with E-state index in [1.165, 1.54) is 17.3 Å². The molecule has 1 amide bonds. The van der Waals surface area contributed by atoms with Crippen molar-refractivity contribution in [3.05, 3.63) is 86.1 Å². The second-order valence-corrected chi connectivity index (χ2v) is 9.15. The zero-order valence-corrected chi connectivity index (χ0v) is 20.2. The van der Waals surface area contributed by atoms with E-state index in [0.29, 0.717) is 10.8 Å². The van der Waals surface area contributed by atoms with Gasteiger partial charge in [-0.2, -0.15) is 5.10 Å². The fraction of sp³-hybridized carbons (Fsp3) is 0.217. The molecular formula is C23H23BrClN3OS. The largest absolute Gasteiger partial charge is 0.316 e. The number of para-hydroxylation sites is 1. The fourth-order valence-corrected chi connectivity index (χ4v) is 4.67. The van der Waals surface area contributed by atoms with Crippen LogP contribution in [0.25, 0.3) is 5.69 Å². The van der Waals surface area contributed by atoms with E-state index in [2.05, 4.69) is 63.9 Å². The van der Waals surface area contributed by atoms with Crippen molar-refractivity contribution in [2.75, 3.05) is 5.75 Å². The highest BCUT2D eigenvalue weighted by molar-refractivity contribution is 9.10. The monoisotopic (exact) mass is 503 g/mol. The van der Waals surface area contributed by atoms with Crippen LogP contribution in [0.2, 0.25) is 5.02 Å². The summed E-state index contributed by atoms with van der Waals surface area (Å²) in [5.74, 6) is 0.954. The lowest BCUT2D eigenvalue weighted by Crippen LogP contribution is -2.19. The molecular weight excluding hydrogens is 482 g/mol. The Labute approximate surface area is 194 Å². The Kier molecular flexibility index (Phi) is 7.81. The molecule has 0 aliphatic carbocycles. The van der Waals surface area contributed by atoms with E-state index in [0.717, 1.165) is 38.4 Å². The highest BCUT2D eigenvalue weighted by Crippen LogP contribution is 2.30. The third kappa shape index (κ3) is 5.36. The summed E-state index contributed by atoms with van der Waals surface area (Å²) < 4.78 is 3.17. The lowest BCUT2D eigenvalue weighted by atomic mass is 10.2. The molecule has 3 aromatic rings. The van der Waals surface area contributed by atoms with Crippen molar-refractivity contribution in [1.29, 1.82) is 0 Å². The number of hydrogen-bond acceptors (Lipinski definition) is 3. The number of carbonyl (C=O) groups is 1. The molecule has 0 atom stereocenters. The molecule has 0 aliphatic heterocycles. The first-order valence-corrected chi connectivity index (χ1v) is 11.8. The zero-order chi connectivity index (χ0) is 21.7. The molecule has 7 heteroatoms. The van der Waals surface area contributed by atoms with Gasteiger partial charge in [-0.05, 0) is 66.0 Å². The summed E-state index contributed by atoms with van der Waals surface area (Å²) in [5, 5.41) is 4.88. The van der Waals surface area contributed by atoms with Gasteiger partial charge >= 0.3 is 0 Å². The van der Waals surface area contributed by atoms with Gasteiger partial charge in [0.15, 0.2) is 0 Å². The van der Waals surface area contributed by atoms with Crippen LogP contribution in [-0.2, 0) is 10.5 Å². The zero-order valence-electron chi connectivity index (χ0n) is 17.1. The van der Waals surface area contributed by atoms with Crippen molar-refractivity contribution >= 4 is 51.4 Å². The van der Waals surface area contributed by atoms with Gasteiger partial charge in [-0.1, -0.05) is 41.9 Å². The minimum absolute atomic E-state index is 0.131. The molecule has 0 saturated heterocycles. The summed E-state index contributed by atoms with van der Waals surface area (Å²) >= 11 is 11.1. The molecule has 0 fully saturated rings. The molecule has 1 N–H and O–H groups in total. The van der Waals surface area contributed by atoms with Crippen LogP contribution in [0, 0.1) is 20.8 Å². The van der Waals surface area contributed by atoms with Crippen LogP contribution in [0.3, 0.4) is 0 Å². The smallest absolute Gasteiger partial charge is 0.250 e. The van der Waals surface area contributed by atoms with Gasteiger partial charge in [-0.15, -0.1) is 11.8 Å². The first-order valence-electron chi connectivity index (χ1n) is 9.46. The number of nitrogens with zero attached hydrogens (tertiary/aromatic N) is 2. The molecule has 0 saturated carbocycles. The normalized spacial score (nSPS) is 11.2. The lowest BCUT2D eigenvalue weighted by molar-refractivity contribution is -0.118. The standard InChI is InChI=1S/C23H23BrClN3OS/c1-15-6-4-5-7-21(15)28-16(2)20(23(24)17(28)3)12-26-27-22(29)14-30-13-18-8-10-19(25)11-9-18/h4-12H,13-14H2,1-3H3,(H,27,29)/b26-12-. The quantitative estimate of drug-likeness (QED) is 0.307. The molecule has 0 bridgehead atoms. The Hall–Kier alpha value is -2.02. The van der Waals surface area contributed by atoms with Gasteiger partial charge < -0.3 is 4.57 Å². The molecule has 0 unspecified atom stereocenters. The predicted octanol–water partition coefficient (Wildman–Crippen LogP) is 6.20. The topological polar surface area (TPSA) is 46.4 Å². The average Bonchev–Trinajstić information content (AvgIpc) is 2.93. The van der Waals surface area contributed by atoms with Crippen LogP contribution >= 0.6 is 39.3 Å². The van der Waals surface area contributed by atoms with E-state index >= 15 is 0 Å². The van der Waals surface area contributed by atoms with Gasteiger partial charge in [0.25, 0.3) is 0 Å². The first kappa shape index (κ1) is 22.7. The van der Waals surface area contributed by atoms with Crippen LogP contribution in [0.15, 0.2) is 58.1 Å². The number of aromatic nitrogens is 1. The summed E-state index contributed by atoms with van der Waals surface area (Å²) in [5.41, 5.74) is 9.18. The number of benzene rings is 2.